The lowest BCUT2D eigenvalue weighted by molar-refractivity contribution is -0.141. The maximum Gasteiger partial charge on any atom is 0.327 e. The van der Waals surface area contributed by atoms with Crippen LogP contribution < -0.4 is 16.2 Å². The van der Waals surface area contributed by atoms with E-state index in [1.54, 1.807) is 4.90 Å². The monoisotopic (exact) mass is 470 g/mol. The number of amides is 1. The third-order valence-electron chi connectivity index (χ3n) is 5.29. The molecule has 1 aromatic carbocycles. The molecule has 0 radical (unpaired) electrons. The number of aliphatic carboxylic acids is 1. The SMILES string of the molecule is CCCCOc1nc(N)c2[nH]c(=O)n(CCCN(Cc3ccccc3)C(=O)CCC(=O)O)c2n1. The summed E-state index contributed by atoms with van der Waals surface area (Å²) in [6.07, 6.45) is 1.93. The number of benzene rings is 1. The van der Waals surface area contributed by atoms with Crippen LogP contribution in [0.4, 0.5) is 5.82 Å². The van der Waals surface area contributed by atoms with Gasteiger partial charge < -0.3 is 25.5 Å². The van der Waals surface area contributed by atoms with Crippen molar-refractivity contribution < 1.29 is 19.4 Å². The summed E-state index contributed by atoms with van der Waals surface area (Å²) in [5.74, 6) is -1.15. The van der Waals surface area contributed by atoms with E-state index >= 15 is 0 Å². The molecule has 34 heavy (non-hydrogen) atoms. The molecule has 11 nitrogen and oxygen atoms in total. The number of aromatic amines is 1. The van der Waals surface area contributed by atoms with Crippen LogP contribution in [0.2, 0.25) is 0 Å². The average Bonchev–Trinajstić information content (AvgIpc) is 3.13. The Labute approximate surface area is 196 Å². The second-order valence-corrected chi connectivity index (χ2v) is 7.92. The first-order valence-electron chi connectivity index (χ1n) is 11.3. The number of ether oxygens (including phenoxy) is 1. The molecule has 0 saturated carbocycles. The number of unbranched alkanes of at least 4 members (excludes halogenated alkanes) is 1. The molecule has 1 amide bonds. The van der Waals surface area contributed by atoms with Crippen LogP contribution in [0.15, 0.2) is 35.1 Å². The van der Waals surface area contributed by atoms with Crippen molar-refractivity contribution in [3.63, 3.8) is 0 Å². The highest BCUT2D eigenvalue weighted by atomic mass is 16.5. The van der Waals surface area contributed by atoms with Gasteiger partial charge in [-0.1, -0.05) is 43.7 Å². The van der Waals surface area contributed by atoms with Gasteiger partial charge in [-0.05, 0) is 18.4 Å². The summed E-state index contributed by atoms with van der Waals surface area (Å²) < 4.78 is 7.00. The first-order chi connectivity index (χ1) is 16.4. The summed E-state index contributed by atoms with van der Waals surface area (Å²) in [5.41, 5.74) is 7.23. The van der Waals surface area contributed by atoms with Crippen molar-refractivity contribution in [3.05, 3.63) is 46.4 Å². The van der Waals surface area contributed by atoms with Crippen molar-refractivity contribution in [1.29, 1.82) is 0 Å². The van der Waals surface area contributed by atoms with Gasteiger partial charge in [-0.25, -0.2) is 4.79 Å². The Morgan fingerprint density at radius 2 is 1.94 bits per heavy atom. The summed E-state index contributed by atoms with van der Waals surface area (Å²) in [6.45, 7) is 3.46. The molecular formula is C23H30N6O5. The molecule has 0 bridgehead atoms. The molecule has 0 aliphatic carbocycles. The van der Waals surface area contributed by atoms with E-state index in [0.717, 1.165) is 18.4 Å². The van der Waals surface area contributed by atoms with Crippen molar-refractivity contribution in [2.75, 3.05) is 18.9 Å². The summed E-state index contributed by atoms with van der Waals surface area (Å²) in [5, 5.41) is 8.93. The molecule has 0 saturated heterocycles. The molecular weight excluding hydrogens is 440 g/mol. The number of nitrogen functional groups attached to an aromatic ring is 1. The van der Waals surface area contributed by atoms with Crippen molar-refractivity contribution in [3.8, 4) is 6.01 Å². The van der Waals surface area contributed by atoms with E-state index in [-0.39, 0.29) is 42.8 Å². The summed E-state index contributed by atoms with van der Waals surface area (Å²) >= 11 is 0. The van der Waals surface area contributed by atoms with E-state index in [4.69, 9.17) is 15.6 Å². The van der Waals surface area contributed by atoms with E-state index in [0.29, 0.717) is 37.3 Å². The van der Waals surface area contributed by atoms with Gasteiger partial charge in [0.05, 0.1) is 13.0 Å². The topological polar surface area (TPSA) is 156 Å². The normalized spacial score (nSPS) is 11.0. The smallest absolute Gasteiger partial charge is 0.327 e. The van der Waals surface area contributed by atoms with Crippen LogP contribution in [-0.4, -0.2) is 54.6 Å². The second kappa shape index (κ2) is 11.8. The molecule has 0 fully saturated rings. The van der Waals surface area contributed by atoms with E-state index < -0.39 is 5.97 Å². The molecule has 3 rings (SSSR count). The van der Waals surface area contributed by atoms with Gasteiger partial charge in [0.25, 0.3) is 0 Å². The maximum absolute atomic E-state index is 12.7. The largest absolute Gasteiger partial charge is 0.481 e. The number of H-pyrrole nitrogens is 1. The van der Waals surface area contributed by atoms with Gasteiger partial charge in [-0.15, -0.1) is 0 Å². The number of anilines is 1. The fourth-order valence-electron chi connectivity index (χ4n) is 3.50. The Morgan fingerprint density at radius 1 is 1.18 bits per heavy atom. The van der Waals surface area contributed by atoms with Gasteiger partial charge in [0.2, 0.25) is 5.91 Å². The zero-order valence-electron chi connectivity index (χ0n) is 19.2. The van der Waals surface area contributed by atoms with Crippen molar-refractivity contribution in [2.24, 2.45) is 0 Å². The zero-order chi connectivity index (χ0) is 24.5. The van der Waals surface area contributed by atoms with Crippen LogP contribution in [0, 0.1) is 0 Å². The molecule has 0 aliphatic rings. The van der Waals surface area contributed by atoms with E-state index in [1.807, 2.05) is 37.3 Å². The Kier molecular flexibility index (Phi) is 8.60. The lowest BCUT2D eigenvalue weighted by Crippen LogP contribution is -2.32. The minimum Gasteiger partial charge on any atom is -0.481 e. The van der Waals surface area contributed by atoms with E-state index in [9.17, 15) is 14.4 Å². The summed E-state index contributed by atoms with van der Waals surface area (Å²) in [7, 11) is 0. The Morgan fingerprint density at radius 3 is 2.65 bits per heavy atom. The van der Waals surface area contributed by atoms with Crippen LogP contribution in [0.25, 0.3) is 11.2 Å². The second-order valence-electron chi connectivity index (χ2n) is 7.92. The molecule has 11 heteroatoms. The first kappa shape index (κ1) is 24.7. The predicted molar refractivity (Wildman–Crippen MR) is 126 cm³/mol. The van der Waals surface area contributed by atoms with Crippen LogP contribution in [0.3, 0.4) is 0 Å². The van der Waals surface area contributed by atoms with Gasteiger partial charge in [0.15, 0.2) is 11.5 Å². The van der Waals surface area contributed by atoms with Gasteiger partial charge in [-0.3, -0.25) is 14.2 Å². The number of hydrogen-bond donors (Lipinski definition) is 3. The fraction of sp³-hybridized carbons (Fsp3) is 0.435. The molecule has 182 valence electrons. The molecule has 2 heterocycles. The van der Waals surface area contributed by atoms with E-state index in [2.05, 4.69) is 15.0 Å². The highest BCUT2D eigenvalue weighted by molar-refractivity contribution is 5.82. The number of fused-ring (bicyclic) bond motifs is 1. The third kappa shape index (κ3) is 6.56. The minimum absolute atomic E-state index is 0.0859. The minimum atomic E-state index is -1.02. The number of nitrogens with two attached hydrogens (primary N) is 1. The van der Waals surface area contributed by atoms with Crippen LogP contribution in [0.1, 0.15) is 44.6 Å². The molecule has 0 spiro atoms. The number of carboxylic acids is 1. The van der Waals surface area contributed by atoms with Crippen molar-refractivity contribution in [2.45, 2.75) is 52.1 Å². The zero-order valence-corrected chi connectivity index (χ0v) is 19.2. The fourth-order valence-corrected chi connectivity index (χ4v) is 3.50. The van der Waals surface area contributed by atoms with Crippen LogP contribution >= 0.6 is 0 Å². The Balaban J connectivity index is 1.73. The Bertz CT molecular complexity index is 1170. The van der Waals surface area contributed by atoms with Crippen LogP contribution in [0.5, 0.6) is 6.01 Å². The lowest BCUT2D eigenvalue weighted by atomic mass is 10.2. The van der Waals surface area contributed by atoms with Crippen molar-refractivity contribution in [1.82, 2.24) is 24.4 Å². The number of aromatic nitrogens is 4. The standard InChI is InChI=1S/C23H30N6O5/c1-2-3-14-34-22-26-20(24)19-21(27-22)29(23(33)25-19)13-7-12-28(17(30)10-11-18(31)32)15-16-8-5-4-6-9-16/h4-6,8-9H,2-3,7,10-15H2,1H3,(H,25,33)(H,31,32)(H2,24,26,27). The molecule has 0 unspecified atom stereocenters. The Hall–Kier alpha value is -3.89. The highest BCUT2D eigenvalue weighted by Gasteiger charge is 2.18. The molecule has 3 aromatic rings. The lowest BCUT2D eigenvalue weighted by Gasteiger charge is -2.23. The predicted octanol–water partition coefficient (Wildman–Crippen LogP) is 2.16. The van der Waals surface area contributed by atoms with Gasteiger partial charge in [0, 0.05) is 26.1 Å². The first-order valence-corrected chi connectivity index (χ1v) is 11.3. The number of hydrogen-bond acceptors (Lipinski definition) is 7. The van der Waals surface area contributed by atoms with Gasteiger partial charge in [0.1, 0.15) is 5.52 Å². The number of nitrogens with zero attached hydrogens (tertiary/aromatic N) is 4. The molecule has 0 aliphatic heterocycles. The molecule has 2 aromatic heterocycles. The number of nitrogens with one attached hydrogen (secondary N) is 1. The number of aryl methyl sites for hydroxylation is 1. The van der Waals surface area contributed by atoms with Crippen molar-refractivity contribution >= 4 is 28.9 Å². The number of rotatable bonds is 13. The summed E-state index contributed by atoms with van der Waals surface area (Å²) in [4.78, 5) is 48.9. The van der Waals surface area contributed by atoms with Gasteiger partial charge in [-0.2, -0.15) is 9.97 Å². The average molecular weight is 471 g/mol. The highest BCUT2D eigenvalue weighted by Crippen LogP contribution is 2.18. The van der Waals surface area contributed by atoms with Crippen LogP contribution in [-0.2, 0) is 22.7 Å². The summed E-state index contributed by atoms with van der Waals surface area (Å²) in [6, 6.07) is 9.57. The third-order valence-corrected chi connectivity index (χ3v) is 5.29. The van der Waals surface area contributed by atoms with E-state index in [1.165, 1.54) is 4.57 Å². The maximum atomic E-state index is 12.7. The number of carbonyl (C=O) groups excluding carboxylic acids is 1. The van der Waals surface area contributed by atoms with Gasteiger partial charge >= 0.3 is 17.7 Å². The number of imidazole rings is 1. The quantitative estimate of drug-likeness (QED) is 0.321. The number of carbonyl (C=O) groups is 2. The molecule has 0 atom stereocenters. The molecule has 4 N–H and O–H groups in total. The number of carboxylic acid groups (broad SMARTS) is 1.